The zero-order chi connectivity index (χ0) is 13.2. The fraction of sp³-hybridized carbons (Fsp3) is 0.545. The predicted octanol–water partition coefficient (Wildman–Crippen LogP) is 2.07. The summed E-state index contributed by atoms with van der Waals surface area (Å²) >= 11 is 1.35. The van der Waals surface area contributed by atoms with E-state index >= 15 is 0 Å². The summed E-state index contributed by atoms with van der Waals surface area (Å²) in [6.45, 7) is 0.362. The van der Waals surface area contributed by atoms with Crippen molar-refractivity contribution in [2.24, 2.45) is 0 Å². The average Bonchev–Trinajstić information content (AvgIpc) is 2.80. The van der Waals surface area contributed by atoms with Crippen LogP contribution in [0, 0.1) is 0 Å². The van der Waals surface area contributed by atoms with Crippen LogP contribution in [0.15, 0.2) is 17.5 Å². The zero-order valence-electron chi connectivity index (χ0n) is 9.61. The number of hydrogen-bond donors (Lipinski definition) is 0. The molecule has 0 atom stereocenters. The number of piperazine rings is 1. The van der Waals surface area contributed by atoms with Crippen molar-refractivity contribution in [3.63, 3.8) is 0 Å². The van der Waals surface area contributed by atoms with E-state index in [9.17, 15) is 18.0 Å². The van der Waals surface area contributed by atoms with E-state index in [4.69, 9.17) is 0 Å². The molecular weight excluding hydrogens is 265 g/mol. The molecule has 0 radical (unpaired) electrons. The molecule has 0 spiro atoms. The zero-order valence-corrected chi connectivity index (χ0v) is 10.4. The SMILES string of the molecule is O=C(c1cccs1)N1CCN(CC(F)(F)F)CC1. The van der Waals surface area contributed by atoms with Gasteiger partial charge in [0.15, 0.2) is 0 Å². The maximum absolute atomic E-state index is 12.2. The lowest BCUT2D eigenvalue weighted by Gasteiger charge is -2.34. The fourth-order valence-electron chi connectivity index (χ4n) is 1.92. The molecule has 3 nitrogen and oxygen atoms in total. The van der Waals surface area contributed by atoms with Gasteiger partial charge in [-0.15, -0.1) is 11.3 Å². The third-order valence-corrected chi connectivity index (χ3v) is 3.65. The first-order chi connectivity index (χ1) is 8.46. The van der Waals surface area contributed by atoms with E-state index in [0.717, 1.165) is 0 Å². The van der Waals surface area contributed by atoms with E-state index in [-0.39, 0.29) is 19.0 Å². The molecule has 2 heterocycles. The van der Waals surface area contributed by atoms with Gasteiger partial charge in [0.25, 0.3) is 5.91 Å². The van der Waals surface area contributed by atoms with Crippen molar-refractivity contribution < 1.29 is 18.0 Å². The summed E-state index contributed by atoms with van der Waals surface area (Å²) in [5, 5.41) is 1.81. The molecule has 1 aliphatic rings. The Morgan fingerprint density at radius 1 is 1.28 bits per heavy atom. The Morgan fingerprint density at radius 3 is 2.44 bits per heavy atom. The first-order valence-electron chi connectivity index (χ1n) is 5.57. The van der Waals surface area contributed by atoms with Gasteiger partial charge in [0, 0.05) is 26.2 Å². The third kappa shape index (κ3) is 3.46. The smallest absolute Gasteiger partial charge is 0.335 e. The normalized spacial score (nSPS) is 18.1. The number of carbonyl (C=O) groups is 1. The Labute approximate surface area is 107 Å². The van der Waals surface area contributed by atoms with Crippen molar-refractivity contribution in [2.75, 3.05) is 32.7 Å². The number of nitrogens with zero attached hydrogens (tertiary/aromatic N) is 2. The lowest BCUT2D eigenvalue weighted by Crippen LogP contribution is -2.50. The first-order valence-corrected chi connectivity index (χ1v) is 6.45. The van der Waals surface area contributed by atoms with Gasteiger partial charge in [-0.25, -0.2) is 0 Å². The molecule has 1 fully saturated rings. The lowest BCUT2D eigenvalue weighted by molar-refractivity contribution is -0.148. The number of halogens is 3. The summed E-state index contributed by atoms with van der Waals surface area (Å²) in [7, 11) is 0. The second-order valence-electron chi connectivity index (χ2n) is 4.16. The Bertz CT molecular complexity index is 397. The lowest BCUT2D eigenvalue weighted by atomic mass is 10.3. The van der Waals surface area contributed by atoms with Gasteiger partial charge in [0.1, 0.15) is 0 Å². The van der Waals surface area contributed by atoms with Crippen LogP contribution < -0.4 is 0 Å². The highest BCUT2D eigenvalue weighted by atomic mass is 32.1. The standard InChI is InChI=1S/C11H13F3N2OS/c12-11(13,14)8-15-3-5-16(6-4-15)10(17)9-2-1-7-18-9/h1-2,7H,3-6,8H2. The fourth-order valence-corrected chi connectivity index (χ4v) is 2.61. The molecule has 1 aromatic heterocycles. The highest BCUT2D eigenvalue weighted by Gasteiger charge is 2.33. The first kappa shape index (κ1) is 13.4. The van der Waals surface area contributed by atoms with Gasteiger partial charge in [0.05, 0.1) is 11.4 Å². The second-order valence-corrected chi connectivity index (χ2v) is 5.11. The molecule has 0 unspecified atom stereocenters. The van der Waals surface area contributed by atoms with E-state index in [1.807, 2.05) is 5.38 Å². The van der Waals surface area contributed by atoms with E-state index in [2.05, 4.69) is 0 Å². The molecule has 0 saturated carbocycles. The predicted molar refractivity (Wildman–Crippen MR) is 62.7 cm³/mol. The van der Waals surface area contributed by atoms with Crippen molar-refractivity contribution in [3.8, 4) is 0 Å². The van der Waals surface area contributed by atoms with E-state index in [1.54, 1.807) is 17.0 Å². The maximum Gasteiger partial charge on any atom is 0.401 e. The van der Waals surface area contributed by atoms with Crippen LogP contribution >= 0.6 is 11.3 Å². The summed E-state index contributed by atoms with van der Waals surface area (Å²) in [6.07, 6.45) is -4.17. The van der Waals surface area contributed by atoms with Gasteiger partial charge >= 0.3 is 6.18 Å². The Hall–Kier alpha value is -1.08. The summed E-state index contributed by atoms with van der Waals surface area (Å²) in [5.74, 6) is -0.0864. The Kier molecular flexibility index (Phi) is 3.91. The van der Waals surface area contributed by atoms with E-state index < -0.39 is 12.7 Å². The molecular formula is C11H13F3N2OS. The van der Waals surface area contributed by atoms with Crippen LogP contribution in [-0.4, -0.2) is 54.6 Å². The topological polar surface area (TPSA) is 23.6 Å². The van der Waals surface area contributed by atoms with Gasteiger partial charge in [-0.1, -0.05) is 6.07 Å². The van der Waals surface area contributed by atoms with E-state index in [0.29, 0.717) is 18.0 Å². The number of thiophene rings is 1. The van der Waals surface area contributed by atoms with Crippen LogP contribution in [0.5, 0.6) is 0 Å². The van der Waals surface area contributed by atoms with Gasteiger partial charge < -0.3 is 4.90 Å². The van der Waals surface area contributed by atoms with Crippen molar-refractivity contribution >= 4 is 17.2 Å². The van der Waals surface area contributed by atoms with Crippen molar-refractivity contribution in [1.82, 2.24) is 9.80 Å². The van der Waals surface area contributed by atoms with Crippen LogP contribution in [0.3, 0.4) is 0 Å². The maximum atomic E-state index is 12.2. The van der Waals surface area contributed by atoms with Crippen LogP contribution in [0.1, 0.15) is 9.67 Å². The largest absolute Gasteiger partial charge is 0.401 e. The van der Waals surface area contributed by atoms with Crippen LogP contribution in [0.25, 0.3) is 0 Å². The molecule has 18 heavy (non-hydrogen) atoms. The Morgan fingerprint density at radius 2 is 1.94 bits per heavy atom. The summed E-state index contributed by atoms with van der Waals surface area (Å²) in [4.78, 5) is 15.5. The van der Waals surface area contributed by atoms with Gasteiger partial charge in [-0.2, -0.15) is 13.2 Å². The highest BCUT2D eigenvalue weighted by molar-refractivity contribution is 7.12. The molecule has 0 aromatic carbocycles. The molecule has 1 aliphatic heterocycles. The van der Waals surface area contributed by atoms with Crippen molar-refractivity contribution in [1.29, 1.82) is 0 Å². The minimum absolute atomic E-state index is 0.0864. The number of carbonyl (C=O) groups excluding carboxylic acids is 1. The van der Waals surface area contributed by atoms with Gasteiger partial charge in [-0.3, -0.25) is 9.69 Å². The molecule has 2 rings (SSSR count). The summed E-state index contributed by atoms with van der Waals surface area (Å²) in [5.41, 5.74) is 0. The Balaban J connectivity index is 1.85. The molecule has 0 aliphatic carbocycles. The van der Waals surface area contributed by atoms with E-state index in [1.165, 1.54) is 16.2 Å². The molecule has 0 bridgehead atoms. The van der Waals surface area contributed by atoms with Crippen LogP contribution in [-0.2, 0) is 0 Å². The number of amides is 1. The van der Waals surface area contributed by atoms with Crippen LogP contribution in [0.2, 0.25) is 0 Å². The summed E-state index contributed by atoms with van der Waals surface area (Å²) in [6, 6.07) is 3.52. The van der Waals surface area contributed by atoms with Gasteiger partial charge in [-0.05, 0) is 11.4 Å². The number of rotatable bonds is 2. The molecule has 1 aromatic rings. The average molecular weight is 278 g/mol. The highest BCUT2D eigenvalue weighted by Crippen LogP contribution is 2.18. The van der Waals surface area contributed by atoms with Crippen molar-refractivity contribution in [3.05, 3.63) is 22.4 Å². The second kappa shape index (κ2) is 5.27. The minimum atomic E-state index is -4.17. The number of alkyl halides is 3. The third-order valence-electron chi connectivity index (χ3n) is 2.79. The molecule has 0 N–H and O–H groups in total. The molecule has 7 heteroatoms. The summed E-state index contributed by atoms with van der Waals surface area (Å²) < 4.78 is 36.6. The van der Waals surface area contributed by atoms with Crippen molar-refractivity contribution in [2.45, 2.75) is 6.18 Å². The minimum Gasteiger partial charge on any atom is -0.335 e. The van der Waals surface area contributed by atoms with Crippen LogP contribution in [0.4, 0.5) is 13.2 Å². The molecule has 1 saturated heterocycles. The quantitative estimate of drug-likeness (QED) is 0.827. The van der Waals surface area contributed by atoms with Gasteiger partial charge in [0.2, 0.25) is 0 Å². The molecule has 1 amide bonds. The number of hydrogen-bond acceptors (Lipinski definition) is 3. The monoisotopic (exact) mass is 278 g/mol. The molecule has 100 valence electrons.